The largest absolute Gasteiger partial charge is 0.508 e. The van der Waals surface area contributed by atoms with Gasteiger partial charge in [-0.15, -0.1) is 0 Å². The molecule has 0 aliphatic carbocycles. The lowest BCUT2D eigenvalue weighted by Crippen LogP contribution is -2.03. The van der Waals surface area contributed by atoms with Gasteiger partial charge in [-0.2, -0.15) is 0 Å². The number of carbonyl (C=O) groups is 2. The molecule has 0 saturated heterocycles. The van der Waals surface area contributed by atoms with E-state index in [1.54, 1.807) is 18.2 Å². The molecule has 5 nitrogen and oxygen atoms in total. The van der Waals surface area contributed by atoms with Gasteiger partial charge in [0, 0.05) is 17.7 Å². The Hall–Kier alpha value is -2.30. The van der Waals surface area contributed by atoms with Crippen LogP contribution in [-0.4, -0.2) is 24.2 Å². The fourth-order valence-electron chi connectivity index (χ4n) is 1.03. The van der Waals surface area contributed by atoms with Gasteiger partial charge in [-0.1, -0.05) is 18.2 Å². The van der Waals surface area contributed by atoms with E-state index in [9.17, 15) is 14.7 Å². The first kappa shape index (κ1) is 12.8. The number of hydrogen-bond acceptors (Lipinski definition) is 5. The zero-order valence-electron chi connectivity index (χ0n) is 9.25. The predicted octanol–water partition coefficient (Wildman–Crippen LogP) is 1.16. The van der Waals surface area contributed by atoms with Crippen LogP contribution >= 0.6 is 0 Å². The first-order valence-electron chi connectivity index (χ1n) is 4.83. The van der Waals surface area contributed by atoms with E-state index in [0.717, 1.165) is 12.2 Å². The van der Waals surface area contributed by atoms with Crippen LogP contribution in [0.3, 0.4) is 0 Å². The lowest BCUT2D eigenvalue weighted by atomic mass is 10.2. The molecule has 1 aromatic rings. The average molecular weight is 236 g/mol. The summed E-state index contributed by atoms with van der Waals surface area (Å²) in [5, 5.41) is 9.40. The van der Waals surface area contributed by atoms with E-state index in [4.69, 9.17) is 4.74 Å². The second-order valence-electron chi connectivity index (χ2n) is 3.09. The van der Waals surface area contributed by atoms with E-state index >= 15 is 0 Å². The molecule has 0 fully saturated rings. The Morgan fingerprint density at radius 3 is 2.53 bits per heavy atom. The number of aromatic hydroxyl groups is 1. The summed E-state index contributed by atoms with van der Waals surface area (Å²) in [6, 6.07) is 6.51. The molecule has 0 bridgehead atoms. The minimum atomic E-state index is -0.682. The lowest BCUT2D eigenvalue weighted by molar-refractivity contribution is -0.140. The molecule has 5 heteroatoms. The summed E-state index contributed by atoms with van der Waals surface area (Å²) in [6.07, 6.45) is 1.93. The van der Waals surface area contributed by atoms with Crippen LogP contribution in [0.15, 0.2) is 36.4 Å². The van der Waals surface area contributed by atoms with Crippen molar-refractivity contribution in [3.8, 4) is 5.75 Å². The third-order valence-electron chi connectivity index (χ3n) is 1.92. The minimum Gasteiger partial charge on any atom is -0.508 e. The van der Waals surface area contributed by atoms with Crippen LogP contribution in [0.25, 0.3) is 0 Å². The van der Waals surface area contributed by atoms with E-state index in [1.165, 1.54) is 13.2 Å². The van der Waals surface area contributed by atoms with E-state index in [2.05, 4.69) is 4.74 Å². The fraction of sp³-hybridized carbons (Fsp3) is 0.167. The van der Waals surface area contributed by atoms with Gasteiger partial charge in [-0.25, -0.2) is 9.59 Å². The molecule has 0 aromatic heterocycles. The highest BCUT2D eigenvalue weighted by Crippen LogP contribution is 2.16. The van der Waals surface area contributed by atoms with Gasteiger partial charge in [-0.05, 0) is 6.07 Å². The molecule has 0 amide bonds. The van der Waals surface area contributed by atoms with Crippen LogP contribution in [-0.2, 0) is 25.7 Å². The maximum absolute atomic E-state index is 11.1. The van der Waals surface area contributed by atoms with E-state index in [1.807, 2.05) is 0 Å². The molecule has 0 aliphatic heterocycles. The number of methoxy groups -OCH3 is 1. The molecule has 1 N–H and O–H groups in total. The van der Waals surface area contributed by atoms with E-state index in [-0.39, 0.29) is 12.4 Å². The van der Waals surface area contributed by atoms with Crippen molar-refractivity contribution in [1.29, 1.82) is 0 Å². The zero-order valence-corrected chi connectivity index (χ0v) is 9.25. The Kier molecular flexibility index (Phi) is 4.75. The number of ether oxygens (including phenoxy) is 2. The van der Waals surface area contributed by atoms with Crippen LogP contribution in [0, 0.1) is 0 Å². The van der Waals surface area contributed by atoms with Crippen LogP contribution in [0.2, 0.25) is 0 Å². The number of carbonyl (C=O) groups excluding carboxylic acids is 2. The predicted molar refractivity (Wildman–Crippen MR) is 59.1 cm³/mol. The van der Waals surface area contributed by atoms with Crippen molar-refractivity contribution in [2.45, 2.75) is 6.61 Å². The van der Waals surface area contributed by atoms with E-state index < -0.39 is 11.9 Å². The Morgan fingerprint density at radius 1 is 1.24 bits per heavy atom. The summed E-state index contributed by atoms with van der Waals surface area (Å²) in [6.45, 7) is -0.0585. The number of benzene rings is 1. The maximum atomic E-state index is 11.1. The van der Waals surface area contributed by atoms with Crippen molar-refractivity contribution >= 4 is 11.9 Å². The van der Waals surface area contributed by atoms with Crippen molar-refractivity contribution in [2.24, 2.45) is 0 Å². The van der Waals surface area contributed by atoms with Gasteiger partial charge < -0.3 is 14.6 Å². The number of hydrogen-bond donors (Lipinski definition) is 1. The molecule has 0 aliphatic rings. The van der Waals surface area contributed by atoms with Crippen molar-refractivity contribution < 1.29 is 24.2 Å². The van der Waals surface area contributed by atoms with Crippen molar-refractivity contribution in [1.82, 2.24) is 0 Å². The van der Waals surface area contributed by atoms with Gasteiger partial charge >= 0.3 is 11.9 Å². The molecule has 1 rings (SSSR count). The van der Waals surface area contributed by atoms with Crippen LogP contribution in [0.4, 0.5) is 0 Å². The summed E-state index contributed by atoms with van der Waals surface area (Å²) >= 11 is 0. The monoisotopic (exact) mass is 236 g/mol. The van der Waals surface area contributed by atoms with Crippen LogP contribution in [0.5, 0.6) is 5.75 Å². The highest BCUT2D eigenvalue weighted by Gasteiger charge is 2.03. The quantitative estimate of drug-likeness (QED) is 0.627. The maximum Gasteiger partial charge on any atom is 0.331 e. The summed E-state index contributed by atoms with van der Waals surface area (Å²) < 4.78 is 9.12. The van der Waals surface area contributed by atoms with Gasteiger partial charge in [0.2, 0.25) is 0 Å². The van der Waals surface area contributed by atoms with Crippen molar-refractivity contribution in [3.63, 3.8) is 0 Å². The van der Waals surface area contributed by atoms with Crippen LogP contribution < -0.4 is 0 Å². The molecular weight excluding hydrogens is 224 g/mol. The number of phenolic OH excluding ortho intramolecular Hbond substituents is 1. The average Bonchev–Trinajstić information content (AvgIpc) is 2.35. The van der Waals surface area contributed by atoms with Crippen LogP contribution in [0.1, 0.15) is 5.56 Å². The van der Waals surface area contributed by atoms with Gasteiger partial charge in [-0.3, -0.25) is 0 Å². The highest BCUT2D eigenvalue weighted by molar-refractivity contribution is 5.91. The molecule has 0 saturated carbocycles. The van der Waals surface area contributed by atoms with Gasteiger partial charge in [0.05, 0.1) is 7.11 Å². The smallest absolute Gasteiger partial charge is 0.331 e. The molecule has 0 atom stereocenters. The molecule has 0 unspecified atom stereocenters. The molecule has 0 spiro atoms. The molecular formula is C12H12O5. The first-order valence-corrected chi connectivity index (χ1v) is 4.83. The lowest BCUT2D eigenvalue weighted by Gasteiger charge is -2.03. The third-order valence-corrected chi connectivity index (χ3v) is 1.92. The Labute approximate surface area is 98.3 Å². The molecule has 90 valence electrons. The number of phenols is 1. The van der Waals surface area contributed by atoms with Gasteiger partial charge in [0.1, 0.15) is 12.4 Å². The Balaban J connectivity index is 2.46. The van der Waals surface area contributed by atoms with Crippen molar-refractivity contribution in [2.75, 3.05) is 7.11 Å². The fourth-order valence-corrected chi connectivity index (χ4v) is 1.03. The summed E-state index contributed by atoms with van der Waals surface area (Å²) in [5.41, 5.74) is 0.493. The topological polar surface area (TPSA) is 72.8 Å². The second kappa shape index (κ2) is 6.32. The SMILES string of the molecule is COC(=O)/C=C/C(=O)OCc1ccccc1O. The number of para-hydroxylation sites is 1. The molecule has 17 heavy (non-hydrogen) atoms. The number of rotatable bonds is 4. The molecule has 0 heterocycles. The molecule has 0 radical (unpaired) electrons. The second-order valence-corrected chi connectivity index (χ2v) is 3.09. The van der Waals surface area contributed by atoms with Gasteiger partial charge in [0.25, 0.3) is 0 Å². The van der Waals surface area contributed by atoms with Crippen molar-refractivity contribution in [3.05, 3.63) is 42.0 Å². The van der Waals surface area contributed by atoms with Gasteiger partial charge in [0.15, 0.2) is 0 Å². The Bertz CT molecular complexity index is 436. The third kappa shape index (κ3) is 4.38. The Morgan fingerprint density at radius 2 is 1.88 bits per heavy atom. The molecule has 1 aromatic carbocycles. The zero-order chi connectivity index (χ0) is 12.7. The first-order chi connectivity index (χ1) is 8.13. The standard InChI is InChI=1S/C12H12O5/c1-16-11(14)6-7-12(15)17-8-9-4-2-3-5-10(9)13/h2-7,13H,8H2,1H3/b7-6+. The summed E-state index contributed by atoms with van der Waals surface area (Å²) in [4.78, 5) is 21.8. The minimum absolute atomic E-state index is 0.0530. The summed E-state index contributed by atoms with van der Waals surface area (Å²) in [5.74, 6) is -1.26. The van der Waals surface area contributed by atoms with E-state index in [0.29, 0.717) is 5.56 Å². The number of esters is 2. The normalized spacial score (nSPS) is 10.2. The highest BCUT2D eigenvalue weighted by atomic mass is 16.5. The summed E-state index contributed by atoms with van der Waals surface area (Å²) in [7, 11) is 1.21.